The average molecular weight is 342 g/mol. The fourth-order valence-electron chi connectivity index (χ4n) is 3.07. The van der Waals surface area contributed by atoms with Crippen LogP contribution in [0.1, 0.15) is 17.5 Å². The smallest absolute Gasteiger partial charge is 0.250 e. The van der Waals surface area contributed by atoms with Gasteiger partial charge in [-0.15, -0.1) is 0 Å². The van der Waals surface area contributed by atoms with Crippen molar-refractivity contribution in [3.8, 4) is 0 Å². The molecule has 6 nitrogen and oxygen atoms in total. The van der Waals surface area contributed by atoms with Crippen LogP contribution in [-0.4, -0.2) is 52.9 Å². The highest BCUT2D eigenvalue weighted by atomic mass is 16.5. The standard InChI is InChI=1S/C19H26N4O2/c1-22-13-17(12-21-22)8-5-9-20-19(24)18-15-23(10-11-25-18)14-16-6-3-2-4-7-16/h2-4,6-7,12-13,18H,5,8-11,14-15H2,1H3,(H,20,24). The topological polar surface area (TPSA) is 59.4 Å². The van der Waals surface area contributed by atoms with Gasteiger partial charge in [-0.2, -0.15) is 5.10 Å². The number of carbonyl (C=O) groups is 1. The van der Waals surface area contributed by atoms with Gasteiger partial charge in [-0.3, -0.25) is 14.4 Å². The number of hydrogen-bond acceptors (Lipinski definition) is 4. The van der Waals surface area contributed by atoms with Crippen molar-refractivity contribution in [3.63, 3.8) is 0 Å². The van der Waals surface area contributed by atoms with Gasteiger partial charge < -0.3 is 10.1 Å². The summed E-state index contributed by atoms with van der Waals surface area (Å²) >= 11 is 0. The molecule has 1 N–H and O–H groups in total. The van der Waals surface area contributed by atoms with Crippen molar-refractivity contribution < 1.29 is 9.53 Å². The van der Waals surface area contributed by atoms with Crippen LogP contribution in [0.5, 0.6) is 0 Å². The summed E-state index contributed by atoms with van der Waals surface area (Å²) in [5.41, 5.74) is 2.46. The molecule has 1 fully saturated rings. The van der Waals surface area contributed by atoms with E-state index >= 15 is 0 Å². The maximum Gasteiger partial charge on any atom is 0.250 e. The highest BCUT2D eigenvalue weighted by Crippen LogP contribution is 2.10. The zero-order valence-electron chi connectivity index (χ0n) is 14.7. The maximum absolute atomic E-state index is 12.3. The van der Waals surface area contributed by atoms with Crippen molar-refractivity contribution in [3.05, 3.63) is 53.9 Å². The fraction of sp³-hybridized carbons (Fsp3) is 0.474. The molecule has 0 aliphatic carbocycles. The molecule has 1 unspecified atom stereocenters. The van der Waals surface area contributed by atoms with Crippen LogP contribution in [0, 0.1) is 0 Å². The van der Waals surface area contributed by atoms with E-state index in [-0.39, 0.29) is 12.0 Å². The Bertz CT molecular complexity index is 671. The lowest BCUT2D eigenvalue weighted by Crippen LogP contribution is -2.49. The number of carbonyl (C=O) groups excluding carboxylic acids is 1. The Morgan fingerprint density at radius 1 is 1.32 bits per heavy atom. The summed E-state index contributed by atoms with van der Waals surface area (Å²) < 4.78 is 7.46. The number of ether oxygens (including phenoxy) is 1. The molecule has 1 aliphatic heterocycles. The molecule has 1 aromatic carbocycles. The van der Waals surface area contributed by atoms with Crippen LogP contribution in [0.25, 0.3) is 0 Å². The lowest BCUT2D eigenvalue weighted by atomic mass is 10.1. The van der Waals surface area contributed by atoms with Gasteiger partial charge >= 0.3 is 0 Å². The van der Waals surface area contributed by atoms with Crippen LogP contribution < -0.4 is 5.32 Å². The molecule has 2 heterocycles. The Hall–Kier alpha value is -2.18. The van der Waals surface area contributed by atoms with E-state index < -0.39 is 0 Å². The third-order valence-corrected chi connectivity index (χ3v) is 4.39. The minimum atomic E-state index is -0.379. The maximum atomic E-state index is 12.3. The van der Waals surface area contributed by atoms with Gasteiger partial charge in [0.15, 0.2) is 0 Å². The van der Waals surface area contributed by atoms with E-state index in [0.717, 1.165) is 25.9 Å². The summed E-state index contributed by atoms with van der Waals surface area (Å²) in [5.74, 6) is -0.0102. The Kier molecular flexibility index (Phi) is 6.19. The van der Waals surface area contributed by atoms with Crippen LogP contribution in [0.15, 0.2) is 42.7 Å². The first kappa shape index (κ1) is 17.6. The molecule has 0 bridgehead atoms. The molecule has 1 aliphatic rings. The first-order valence-corrected chi connectivity index (χ1v) is 8.84. The van der Waals surface area contributed by atoms with Gasteiger partial charge in [-0.05, 0) is 24.0 Å². The third-order valence-electron chi connectivity index (χ3n) is 4.39. The van der Waals surface area contributed by atoms with E-state index in [1.807, 2.05) is 37.6 Å². The Balaban J connectivity index is 1.39. The first-order valence-electron chi connectivity index (χ1n) is 8.84. The van der Waals surface area contributed by atoms with Gasteiger partial charge in [0.05, 0.1) is 12.8 Å². The molecule has 0 radical (unpaired) electrons. The summed E-state index contributed by atoms with van der Waals surface area (Å²) in [6, 6.07) is 10.3. The number of hydrogen-bond donors (Lipinski definition) is 1. The second-order valence-electron chi connectivity index (χ2n) is 6.50. The van der Waals surface area contributed by atoms with Crippen LogP contribution in [0.3, 0.4) is 0 Å². The molecule has 3 rings (SSSR count). The molecule has 1 aromatic heterocycles. The summed E-state index contributed by atoms with van der Waals surface area (Å²) in [4.78, 5) is 14.6. The molecule has 134 valence electrons. The number of amides is 1. The first-order chi connectivity index (χ1) is 12.2. The van der Waals surface area contributed by atoms with Crippen LogP contribution >= 0.6 is 0 Å². The number of aryl methyl sites for hydroxylation is 2. The predicted octanol–water partition coefficient (Wildman–Crippen LogP) is 1.37. The lowest BCUT2D eigenvalue weighted by molar-refractivity contribution is -0.138. The van der Waals surface area contributed by atoms with Crippen molar-refractivity contribution in [2.24, 2.45) is 7.05 Å². The monoisotopic (exact) mass is 342 g/mol. The summed E-state index contributed by atoms with van der Waals surface area (Å²) in [6.07, 6.45) is 5.31. The van der Waals surface area contributed by atoms with E-state index in [0.29, 0.717) is 19.7 Å². The number of nitrogens with zero attached hydrogens (tertiary/aromatic N) is 3. The minimum Gasteiger partial charge on any atom is -0.366 e. The van der Waals surface area contributed by atoms with Crippen LogP contribution in [0.4, 0.5) is 0 Å². The second-order valence-corrected chi connectivity index (χ2v) is 6.50. The number of nitrogens with one attached hydrogen (secondary N) is 1. The van der Waals surface area contributed by atoms with E-state index in [4.69, 9.17) is 4.74 Å². The minimum absolute atomic E-state index is 0.0102. The highest BCUT2D eigenvalue weighted by Gasteiger charge is 2.26. The lowest BCUT2D eigenvalue weighted by Gasteiger charge is -2.32. The van der Waals surface area contributed by atoms with Crippen LogP contribution in [-0.2, 0) is 29.5 Å². The van der Waals surface area contributed by atoms with Gasteiger partial charge in [-0.1, -0.05) is 30.3 Å². The molecular formula is C19H26N4O2. The Morgan fingerprint density at radius 3 is 2.92 bits per heavy atom. The molecule has 1 atom stereocenters. The van der Waals surface area contributed by atoms with Crippen molar-refractivity contribution >= 4 is 5.91 Å². The molecular weight excluding hydrogens is 316 g/mol. The zero-order chi connectivity index (χ0) is 17.5. The summed E-state index contributed by atoms with van der Waals surface area (Å²) in [5, 5.41) is 7.15. The SMILES string of the molecule is Cn1cc(CCCNC(=O)C2CN(Cc3ccccc3)CCO2)cn1. The number of morpholine rings is 1. The molecule has 6 heteroatoms. The quantitative estimate of drug-likeness (QED) is 0.772. The van der Waals surface area contributed by atoms with Gasteiger partial charge in [0.1, 0.15) is 6.10 Å². The van der Waals surface area contributed by atoms with Crippen molar-refractivity contribution in [1.82, 2.24) is 20.0 Å². The van der Waals surface area contributed by atoms with Crippen molar-refractivity contribution in [2.45, 2.75) is 25.5 Å². The summed E-state index contributed by atoms with van der Waals surface area (Å²) in [7, 11) is 1.91. The van der Waals surface area contributed by atoms with Crippen molar-refractivity contribution in [2.75, 3.05) is 26.2 Å². The largest absolute Gasteiger partial charge is 0.366 e. The van der Waals surface area contributed by atoms with E-state index in [1.54, 1.807) is 4.68 Å². The third kappa shape index (κ3) is 5.41. The molecule has 25 heavy (non-hydrogen) atoms. The molecule has 0 saturated carbocycles. The number of rotatable bonds is 7. The van der Waals surface area contributed by atoms with Gasteiger partial charge in [0, 0.05) is 39.4 Å². The predicted molar refractivity (Wildman–Crippen MR) is 96.0 cm³/mol. The highest BCUT2D eigenvalue weighted by molar-refractivity contribution is 5.81. The molecule has 2 aromatic rings. The van der Waals surface area contributed by atoms with Gasteiger partial charge in [0.25, 0.3) is 0 Å². The van der Waals surface area contributed by atoms with E-state index in [9.17, 15) is 4.79 Å². The van der Waals surface area contributed by atoms with Gasteiger partial charge in [-0.25, -0.2) is 0 Å². The fourth-order valence-corrected chi connectivity index (χ4v) is 3.07. The van der Waals surface area contributed by atoms with Crippen LogP contribution in [0.2, 0.25) is 0 Å². The van der Waals surface area contributed by atoms with Gasteiger partial charge in [0.2, 0.25) is 5.91 Å². The zero-order valence-corrected chi connectivity index (χ0v) is 14.7. The molecule has 1 amide bonds. The Morgan fingerprint density at radius 2 is 2.16 bits per heavy atom. The van der Waals surface area contributed by atoms with Crippen molar-refractivity contribution in [1.29, 1.82) is 0 Å². The molecule has 1 saturated heterocycles. The average Bonchev–Trinajstić information content (AvgIpc) is 3.05. The second kappa shape index (κ2) is 8.78. The Labute approximate surface area is 148 Å². The van der Waals surface area contributed by atoms with E-state index in [2.05, 4.69) is 27.4 Å². The number of aromatic nitrogens is 2. The molecule has 0 spiro atoms. The normalized spacial score (nSPS) is 18.2. The van der Waals surface area contributed by atoms with E-state index in [1.165, 1.54) is 11.1 Å². The number of benzene rings is 1. The summed E-state index contributed by atoms with van der Waals surface area (Å²) in [6.45, 7) is 3.62.